The van der Waals surface area contributed by atoms with Gasteiger partial charge in [0.1, 0.15) is 22.6 Å². The monoisotopic (exact) mass is 374 g/mol. The molecular weight excluding hydrogens is 352 g/mol. The van der Waals surface area contributed by atoms with Gasteiger partial charge in [-0.2, -0.15) is 0 Å². The van der Waals surface area contributed by atoms with Crippen LogP contribution in [0.15, 0.2) is 42.5 Å². The molecule has 1 aliphatic rings. The molecule has 2 amide bonds. The van der Waals surface area contributed by atoms with E-state index in [1.165, 1.54) is 0 Å². The molecule has 26 heavy (non-hydrogen) atoms. The van der Waals surface area contributed by atoms with Crippen molar-refractivity contribution in [3.63, 3.8) is 0 Å². The SMILES string of the molecule is COc1ccc([C@@H]2SCCN2C(=O)Nc2ccccc2OC)c(OC)c1. The number of methoxy groups -OCH3 is 3. The number of nitrogens with one attached hydrogen (secondary N) is 1. The third-order valence-electron chi connectivity index (χ3n) is 4.21. The number of urea groups is 1. The van der Waals surface area contributed by atoms with Crippen LogP contribution in [-0.4, -0.2) is 44.6 Å². The first-order valence-electron chi connectivity index (χ1n) is 8.22. The molecule has 6 nitrogen and oxygen atoms in total. The number of rotatable bonds is 5. The van der Waals surface area contributed by atoms with Crippen LogP contribution in [0.5, 0.6) is 17.2 Å². The molecular formula is C19H22N2O4S. The minimum Gasteiger partial charge on any atom is -0.497 e. The van der Waals surface area contributed by atoms with Gasteiger partial charge in [0.25, 0.3) is 0 Å². The number of anilines is 1. The van der Waals surface area contributed by atoms with E-state index in [1.54, 1.807) is 38.0 Å². The van der Waals surface area contributed by atoms with Crippen molar-refractivity contribution >= 4 is 23.5 Å². The molecule has 1 atom stereocenters. The molecule has 1 heterocycles. The molecule has 0 radical (unpaired) electrons. The molecule has 2 aromatic rings. The zero-order valence-electron chi connectivity index (χ0n) is 15.0. The first-order chi connectivity index (χ1) is 12.7. The highest BCUT2D eigenvalue weighted by molar-refractivity contribution is 7.99. The van der Waals surface area contributed by atoms with Crippen molar-refractivity contribution in [2.75, 3.05) is 38.9 Å². The van der Waals surface area contributed by atoms with Gasteiger partial charge in [0, 0.05) is 23.9 Å². The number of carbonyl (C=O) groups excluding carboxylic acids is 1. The number of para-hydroxylation sites is 2. The van der Waals surface area contributed by atoms with Crippen LogP contribution < -0.4 is 19.5 Å². The molecule has 1 saturated heterocycles. The minimum absolute atomic E-state index is 0.120. The first kappa shape index (κ1) is 18.3. The van der Waals surface area contributed by atoms with Crippen molar-refractivity contribution in [3.05, 3.63) is 48.0 Å². The van der Waals surface area contributed by atoms with Crippen molar-refractivity contribution in [3.8, 4) is 17.2 Å². The van der Waals surface area contributed by atoms with Gasteiger partial charge in [-0.25, -0.2) is 4.79 Å². The lowest BCUT2D eigenvalue weighted by Crippen LogP contribution is -2.34. The van der Waals surface area contributed by atoms with E-state index >= 15 is 0 Å². The summed E-state index contributed by atoms with van der Waals surface area (Å²) in [4.78, 5) is 14.7. The van der Waals surface area contributed by atoms with Crippen LogP contribution in [0, 0.1) is 0 Å². The lowest BCUT2D eigenvalue weighted by Gasteiger charge is -2.26. The molecule has 0 aromatic heterocycles. The molecule has 3 rings (SSSR count). The number of nitrogens with zero attached hydrogens (tertiary/aromatic N) is 1. The van der Waals surface area contributed by atoms with E-state index in [1.807, 2.05) is 42.5 Å². The van der Waals surface area contributed by atoms with Gasteiger partial charge < -0.3 is 24.4 Å². The lowest BCUT2D eigenvalue weighted by molar-refractivity contribution is 0.213. The van der Waals surface area contributed by atoms with Crippen LogP contribution in [0.2, 0.25) is 0 Å². The second kappa shape index (κ2) is 8.23. The zero-order valence-corrected chi connectivity index (χ0v) is 15.8. The molecule has 1 N–H and O–H groups in total. The Kier molecular flexibility index (Phi) is 5.78. The van der Waals surface area contributed by atoms with E-state index in [4.69, 9.17) is 14.2 Å². The summed E-state index contributed by atoms with van der Waals surface area (Å²) in [6.45, 7) is 0.658. The molecule has 0 bridgehead atoms. The van der Waals surface area contributed by atoms with E-state index in [9.17, 15) is 4.79 Å². The summed E-state index contributed by atoms with van der Waals surface area (Å²) in [6, 6.07) is 12.9. The van der Waals surface area contributed by atoms with Gasteiger partial charge in [0.05, 0.1) is 27.0 Å². The van der Waals surface area contributed by atoms with Crippen molar-refractivity contribution in [1.82, 2.24) is 4.90 Å². The van der Waals surface area contributed by atoms with Gasteiger partial charge in [-0.05, 0) is 24.3 Å². The normalized spacial score (nSPS) is 16.3. The molecule has 1 fully saturated rings. The molecule has 0 aliphatic carbocycles. The maximum Gasteiger partial charge on any atom is 0.323 e. The Bertz CT molecular complexity index is 784. The van der Waals surface area contributed by atoms with Crippen LogP contribution in [0.4, 0.5) is 10.5 Å². The number of hydrogen-bond donors (Lipinski definition) is 1. The Morgan fingerprint density at radius 1 is 1.08 bits per heavy atom. The van der Waals surface area contributed by atoms with Crippen molar-refractivity contribution in [2.24, 2.45) is 0 Å². The topological polar surface area (TPSA) is 60.0 Å². The first-order valence-corrected chi connectivity index (χ1v) is 9.27. The molecule has 0 saturated carbocycles. The van der Waals surface area contributed by atoms with E-state index in [2.05, 4.69) is 5.32 Å². The Morgan fingerprint density at radius 2 is 1.85 bits per heavy atom. The molecule has 138 valence electrons. The van der Waals surface area contributed by atoms with E-state index < -0.39 is 0 Å². The van der Waals surface area contributed by atoms with E-state index in [-0.39, 0.29) is 11.4 Å². The lowest BCUT2D eigenvalue weighted by atomic mass is 10.1. The molecule has 0 unspecified atom stereocenters. The third-order valence-corrected chi connectivity index (χ3v) is 5.45. The maximum absolute atomic E-state index is 12.9. The summed E-state index contributed by atoms with van der Waals surface area (Å²) in [5, 5.41) is 2.83. The predicted octanol–water partition coefficient (Wildman–Crippen LogP) is 3.99. The predicted molar refractivity (Wildman–Crippen MR) is 103 cm³/mol. The third kappa shape index (κ3) is 3.67. The summed E-state index contributed by atoms with van der Waals surface area (Å²) in [5.41, 5.74) is 1.60. The molecule has 2 aromatic carbocycles. The second-order valence-corrected chi connectivity index (χ2v) is 6.84. The second-order valence-electron chi connectivity index (χ2n) is 5.65. The van der Waals surface area contributed by atoms with Gasteiger partial charge in [-0.1, -0.05) is 12.1 Å². The summed E-state index contributed by atoms with van der Waals surface area (Å²) < 4.78 is 16.1. The van der Waals surface area contributed by atoms with Gasteiger partial charge >= 0.3 is 6.03 Å². The van der Waals surface area contributed by atoms with Gasteiger partial charge in [0.15, 0.2) is 0 Å². The van der Waals surface area contributed by atoms with Gasteiger partial charge in [0.2, 0.25) is 0 Å². The van der Waals surface area contributed by atoms with Crippen LogP contribution >= 0.6 is 11.8 Å². The van der Waals surface area contributed by atoms with E-state index in [0.717, 1.165) is 17.1 Å². The number of thioether (sulfide) groups is 1. The Hall–Kier alpha value is -2.54. The van der Waals surface area contributed by atoms with Crippen LogP contribution in [-0.2, 0) is 0 Å². The smallest absolute Gasteiger partial charge is 0.323 e. The number of amides is 2. The van der Waals surface area contributed by atoms with Crippen LogP contribution in [0.1, 0.15) is 10.9 Å². The summed E-state index contributed by atoms with van der Waals surface area (Å²) in [6.07, 6.45) is 0. The zero-order chi connectivity index (χ0) is 18.5. The Labute approximate surface area is 157 Å². The standard InChI is InChI=1S/C19H22N2O4S/c1-23-13-8-9-14(17(12-13)25-3)18-21(10-11-26-18)19(22)20-15-6-4-5-7-16(15)24-2/h4-9,12,18H,10-11H2,1-3H3,(H,20,22)/t18-/m0/s1. The minimum atomic E-state index is -0.164. The number of ether oxygens (including phenoxy) is 3. The fourth-order valence-electron chi connectivity index (χ4n) is 2.89. The van der Waals surface area contributed by atoms with Crippen LogP contribution in [0.25, 0.3) is 0 Å². The summed E-state index contributed by atoms with van der Waals surface area (Å²) >= 11 is 1.71. The molecule has 1 aliphatic heterocycles. The number of carbonyl (C=O) groups is 1. The summed E-state index contributed by atoms with van der Waals surface area (Å²) in [5.74, 6) is 2.92. The largest absolute Gasteiger partial charge is 0.497 e. The Morgan fingerprint density at radius 3 is 2.58 bits per heavy atom. The fourth-order valence-corrected chi connectivity index (χ4v) is 4.17. The average Bonchev–Trinajstić information content (AvgIpc) is 3.17. The van der Waals surface area contributed by atoms with Gasteiger partial charge in [-0.15, -0.1) is 11.8 Å². The van der Waals surface area contributed by atoms with Gasteiger partial charge in [-0.3, -0.25) is 0 Å². The Balaban J connectivity index is 1.83. The highest BCUT2D eigenvalue weighted by atomic mass is 32.2. The number of hydrogen-bond acceptors (Lipinski definition) is 5. The number of benzene rings is 2. The summed E-state index contributed by atoms with van der Waals surface area (Å²) in [7, 11) is 4.82. The molecule has 0 spiro atoms. The maximum atomic E-state index is 12.9. The highest BCUT2D eigenvalue weighted by Crippen LogP contribution is 2.43. The quantitative estimate of drug-likeness (QED) is 0.857. The van der Waals surface area contributed by atoms with E-state index in [0.29, 0.717) is 23.7 Å². The van der Waals surface area contributed by atoms with Crippen molar-refractivity contribution in [2.45, 2.75) is 5.37 Å². The highest BCUT2D eigenvalue weighted by Gasteiger charge is 2.33. The van der Waals surface area contributed by atoms with Crippen molar-refractivity contribution < 1.29 is 19.0 Å². The molecule has 7 heteroatoms. The van der Waals surface area contributed by atoms with Crippen LogP contribution in [0.3, 0.4) is 0 Å². The fraction of sp³-hybridized carbons (Fsp3) is 0.316. The average molecular weight is 374 g/mol. The van der Waals surface area contributed by atoms with Crippen molar-refractivity contribution in [1.29, 1.82) is 0 Å².